The lowest BCUT2D eigenvalue weighted by molar-refractivity contribution is -0.121. The van der Waals surface area contributed by atoms with Crippen molar-refractivity contribution in [3.63, 3.8) is 0 Å². The number of benzene rings is 3. The molecule has 1 amide bonds. The first-order valence-corrected chi connectivity index (χ1v) is 11.9. The van der Waals surface area contributed by atoms with Crippen LogP contribution >= 0.6 is 11.8 Å². The summed E-state index contributed by atoms with van der Waals surface area (Å²) in [5.74, 6) is -0.680. The van der Waals surface area contributed by atoms with Crippen molar-refractivity contribution in [2.45, 2.75) is 13.5 Å². The summed E-state index contributed by atoms with van der Waals surface area (Å²) in [5.41, 5.74) is 1.71. The van der Waals surface area contributed by atoms with Gasteiger partial charge in [-0.15, -0.1) is 0 Å². The van der Waals surface area contributed by atoms with E-state index in [-0.39, 0.29) is 23.9 Å². The summed E-state index contributed by atoms with van der Waals surface area (Å²) >= 11 is 1.19. The minimum Gasteiger partial charge on any atom is -0.490 e. The molecule has 1 aliphatic rings. The fraction of sp³-hybridized carbons (Fsp3) is 0.148. The Bertz CT molecular complexity index is 1370. The second-order valence-corrected chi connectivity index (χ2v) is 8.75. The second kappa shape index (κ2) is 11.1. The monoisotopic (exact) mass is 506 g/mol. The maximum atomic E-state index is 13.9. The topological polar surface area (TPSA) is 88.4 Å². The van der Waals surface area contributed by atoms with Crippen LogP contribution < -0.4 is 9.47 Å². The summed E-state index contributed by atoms with van der Waals surface area (Å²) < 4.78 is 25.5. The summed E-state index contributed by atoms with van der Waals surface area (Å²) in [7, 11) is 1.61. The van der Waals surface area contributed by atoms with Crippen molar-refractivity contribution in [3.05, 3.63) is 94.1 Å². The van der Waals surface area contributed by atoms with Gasteiger partial charge in [0.1, 0.15) is 12.4 Å². The number of nitrogens with zero attached hydrogens (tertiary/aromatic N) is 2. The van der Waals surface area contributed by atoms with E-state index < -0.39 is 5.97 Å². The molecule has 1 fully saturated rings. The Kier molecular flexibility index (Phi) is 7.70. The van der Waals surface area contributed by atoms with Crippen LogP contribution in [0.1, 0.15) is 28.4 Å². The molecule has 9 heteroatoms. The number of aliphatic imine (C=N–C) groups is 1. The lowest BCUT2D eigenvalue weighted by Crippen LogP contribution is -2.23. The van der Waals surface area contributed by atoms with E-state index in [1.165, 1.54) is 34.9 Å². The normalized spacial score (nSPS) is 15.5. The van der Waals surface area contributed by atoms with Crippen LogP contribution in [-0.2, 0) is 11.4 Å². The van der Waals surface area contributed by atoms with Gasteiger partial charge in [0.05, 0.1) is 22.8 Å². The number of carboxylic acid groups (broad SMARTS) is 1. The molecule has 1 saturated heterocycles. The first-order chi connectivity index (χ1) is 17.4. The van der Waals surface area contributed by atoms with Gasteiger partial charge in [-0.2, -0.15) is 0 Å². The second-order valence-electron chi connectivity index (χ2n) is 7.74. The number of halogens is 1. The average molecular weight is 507 g/mol. The number of aromatic carboxylic acids is 1. The van der Waals surface area contributed by atoms with E-state index in [4.69, 9.17) is 9.47 Å². The third-order valence-electron chi connectivity index (χ3n) is 5.23. The molecule has 0 bridgehead atoms. The molecule has 1 heterocycles. The lowest BCUT2D eigenvalue weighted by Gasteiger charge is -2.13. The maximum absolute atomic E-state index is 13.9. The Hall–Kier alpha value is -4.11. The number of carbonyl (C=O) groups excluding carboxylic acids is 1. The molecule has 1 N–H and O–H groups in total. The van der Waals surface area contributed by atoms with Crippen molar-refractivity contribution in [2.24, 2.45) is 4.99 Å². The average Bonchev–Trinajstić information content (AvgIpc) is 3.12. The van der Waals surface area contributed by atoms with Crippen molar-refractivity contribution >= 4 is 40.6 Å². The van der Waals surface area contributed by atoms with Crippen LogP contribution in [0.4, 0.5) is 10.1 Å². The van der Waals surface area contributed by atoms with Crippen molar-refractivity contribution in [1.82, 2.24) is 4.90 Å². The van der Waals surface area contributed by atoms with E-state index in [1.807, 2.05) is 6.92 Å². The SMILES string of the molecule is CCOc1cc(C=C2SC(=Nc3cccc(C(=O)O)c3)N(C)C2=O)ccc1OCc1ccccc1F. The van der Waals surface area contributed by atoms with Gasteiger partial charge >= 0.3 is 5.97 Å². The molecule has 3 aromatic rings. The van der Waals surface area contributed by atoms with Gasteiger partial charge in [-0.1, -0.05) is 30.3 Å². The minimum absolute atomic E-state index is 0.0508. The highest BCUT2D eigenvalue weighted by Crippen LogP contribution is 2.35. The quantitative estimate of drug-likeness (QED) is 0.392. The molecule has 184 valence electrons. The number of likely N-dealkylation sites (N-methyl/N-ethyl adjacent to an activating group) is 1. The molecule has 7 nitrogen and oxygen atoms in total. The van der Waals surface area contributed by atoms with Crippen molar-refractivity contribution in [1.29, 1.82) is 0 Å². The molecule has 3 aromatic carbocycles. The number of amidine groups is 1. The van der Waals surface area contributed by atoms with Crippen LogP contribution in [0.15, 0.2) is 76.6 Å². The molecule has 0 radical (unpaired) electrons. The van der Waals surface area contributed by atoms with E-state index in [9.17, 15) is 19.1 Å². The fourth-order valence-electron chi connectivity index (χ4n) is 3.39. The standard InChI is InChI=1S/C27H23FN2O5S/c1-3-34-23-13-17(11-12-22(23)35-16-19-7-4-5-10-21(19)28)14-24-25(31)30(2)27(36-24)29-20-9-6-8-18(15-20)26(32)33/h4-15H,3,16H2,1-2H3,(H,32,33). The number of hydrogen-bond acceptors (Lipinski definition) is 6. The number of amides is 1. The zero-order chi connectivity index (χ0) is 25.7. The van der Waals surface area contributed by atoms with Crippen LogP contribution in [0.5, 0.6) is 11.5 Å². The third-order valence-corrected chi connectivity index (χ3v) is 6.29. The van der Waals surface area contributed by atoms with Crippen molar-refractivity contribution < 1.29 is 28.6 Å². The fourth-order valence-corrected chi connectivity index (χ4v) is 4.38. The largest absolute Gasteiger partial charge is 0.490 e. The summed E-state index contributed by atoms with van der Waals surface area (Å²) in [4.78, 5) is 30.4. The predicted octanol–water partition coefficient (Wildman–Crippen LogP) is 5.74. The number of carboxylic acids is 1. The van der Waals surface area contributed by atoms with Crippen LogP contribution in [0, 0.1) is 5.82 Å². The highest BCUT2D eigenvalue weighted by molar-refractivity contribution is 8.18. The molecule has 0 saturated carbocycles. The minimum atomic E-state index is -1.05. The van der Waals surface area contributed by atoms with E-state index in [0.29, 0.717) is 39.4 Å². The number of carbonyl (C=O) groups is 2. The van der Waals surface area contributed by atoms with Gasteiger partial charge in [0, 0.05) is 12.6 Å². The van der Waals surface area contributed by atoms with E-state index in [2.05, 4.69) is 4.99 Å². The molecule has 0 aliphatic carbocycles. The van der Waals surface area contributed by atoms with Gasteiger partial charge in [-0.25, -0.2) is 14.2 Å². The third kappa shape index (κ3) is 5.75. The molecular formula is C27H23FN2O5S. The van der Waals surface area contributed by atoms with Crippen molar-refractivity contribution in [3.8, 4) is 11.5 Å². The molecule has 0 unspecified atom stereocenters. The van der Waals surface area contributed by atoms with Crippen LogP contribution in [0.3, 0.4) is 0 Å². The summed E-state index contributed by atoms with van der Waals surface area (Å²) in [6.45, 7) is 2.30. The Morgan fingerprint density at radius 3 is 2.64 bits per heavy atom. The van der Waals surface area contributed by atoms with Gasteiger partial charge < -0.3 is 14.6 Å². The summed E-state index contributed by atoms with van der Waals surface area (Å²) in [6, 6.07) is 17.9. The van der Waals surface area contributed by atoms with E-state index >= 15 is 0 Å². The predicted molar refractivity (Wildman–Crippen MR) is 137 cm³/mol. The van der Waals surface area contributed by atoms with Gasteiger partial charge in [-0.05, 0) is 66.7 Å². The van der Waals surface area contributed by atoms with Gasteiger partial charge in [-0.3, -0.25) is 9.69 Å². The molecule has 4 rings (SSSR count). The number of thioether (sulfide) groups is 1. The highest BCUT2D eigenvalue weighted by atomic mass is 32.2. The molecule has 1 aliphatic heterocycles. The maximum Gasteiger partial charge on any atom is 0.335 e. The smallest absolute Gasteiger partial charge is 0.335 e. The molecule has 0 atom stereocenters. The van der Waals surface area contributed by atoms with Gasteiger partial charge in [0.15, 0.2) is 16.7 Å². The van der Waals surface area contributed by atoms with E-state index in [0.717, 1.165) is 5.56 Å². The number of rotatable bonds is 8. The first kappa shape index (κ1) is 25.0. The van der Waals surface area contributed by atoms with Gasteiger partial charge in [0.2, 0.25) is 0 Å². The highest BCUT2D eigenvalue weighted by Gasteiger charge is 2.30. The van der Waals surface area contributed by atoms with E-state index in [1.54, 1.807) is 61.7 Å². The van der Waals surface area contributed by atoms with Crippen LogP contribution in [-0.4, -0.2) is 40.7 Å². The lowest BCUT2D eigenvalue weighted by atomic mass is 10.1. The molecule has 0 spiro atoms. The van der Waals surface area contributed by atoms with Crippen molar-refractivity contribution in [2.75, 3.05) is 13.7 Å². The van der Waals surface area contributed by atoms with Crippen LogP contribution in [0.2, 0.25) is 0 Å². The molecule has 36 heavy (non-hydrogen) atoms. The van der Waals surface area contributed by atoms with Gasteiger partial charge in [0.25, 0.3) is 5.91 Å². The Morgan fingerprint density at radius 2 is 1.89 bits per heavy atom. The Balaban J connectivity index is 1.55. The zero-order valence-corrected chi connectivity index (χ0v) is 20.4. The number of ether oxygens (including phenoxy) is 2. The summed E-state index contributed by atoms with van der Waals surface area (Å²) in [5, 5.41) is 9.63. The molecular weight excluding hydrogens is 483 g/mol. The summed E-state index contributed by atoms with van der Waals surface area (Å²) in [6.07, 6.45) is 1.73. The first-order valence-electron chi connectivity index (χ1n) is 11.1. The Morgan fingerprint density at radius 1 is 1.08 bits per heavy atom. The Labute approximate surface area is 211 Å². The number of hydrogen-bond donors (Lipinski definition) is 1. The zero-order valence-electron chi connectivity index (χ0n) is 19.6. The van der Waals surface area contributed by atoms with Crippen LogP contribution in [0.25, 0.3) is 6.08 Å². The molecule has 0 aromatic heterocycles.